The van der Waals surface area contributed by atoms with E-state index in [0.717, 1.165) is 25.1 Å². The number of aryl methyl sites for hydroxylation is 1. The minimum absolute atomic E-state index is 0.199. The lowest BCUT2D eigenvalue weighted by molar-refractivity contribution is 0.135. The molecule has 1 N–H and O–H groups in total. The van der Waals surface area contributed by atoms with Crippen LogP contribution < -0.4 is 4.74 Å². The second-order valence-electron chi connectivity index (χ2n) is 4.98. The van der Waals surface area contributed by atoms with E-state index in [0.29, 0.717) is 12.6 Å². The predicted molar refractivity (Wildman–Crippen MR) is 79.6 cm³/mol. The Balaban J connectivity index is 2.91. The van der Waals surface area contributed by atoms with Crippen molar-refractivity contribution in [2.45, 2.75) is 46.2 Å². The highest BCUT2D eigenvalue weighted by atomic mass is 16.5. The van der Waals surface area contributed by atoms with Crippen molar-refractivity contribution in [2.24, 2.45) is 0 Å². The molecule has 0 amide bonds. The Bertz CT molecular complexity index is 375. The summed E-state index contributed by atoms with van der Waals surface area (Å²) in [7, 11) is 1.71. The molecule has 108 valence electrons. The molecule has 0 radical (unpaired) electrons. The second kappa shape index (κ2) is 8.18. The Hall–Kier alpha value is -1.06. The van der Waals surface area contributed by atoms with Crippen molar-refractivity contribution in [3.05, 3.63) is 29.3 Å². The Labute approximate surface area is 117 Å². The maximum atomic E-state index is 9.26. The number of nitrogens with zero attached hydrogens (tertiary/aromatic N) is 1. The molecule has 0 unspecified atom stereocenters. The lowest BCUT2D eigenvalue weighted by Crippen LogP contribution is -2.36. The first kappa shape index (κ1) is 16.0. The average molecular weight is 265 g/mol. The zero-order valence-electron chi connectivity index (χ0n) is 12.6. The summed E-state index contributed by atoms with van der Waals surface area (Å²) in [5.74, 6) is 0.930. The van der Waals surface area contributed by atoms with E-state index in [2.05, 4.69) is 37.8 Å². The molecule has 0 spiro atoms. The SMILES string of the molecule is CCC(CC)N(CCO)Cc1cc(C)ccc1OC. The van der Waals surface area contributed by atoms with Gasteiger partial charge in [-0.3, -0.25) is 4.90 Å². The Morgan fingerprint density at radius 3 is 2.47 bits per heavy atom. The van der Waals surface area contributed by atoms with Gasteiger partial charge in [-0.2, -0.15) is 0 Å². The summed E-state index contributed by atoms with van der Waals surface area (Å²) in [6, 6.07) is 6.77. The van der Waals surface area contributed by atoms with Crippen LogP contribution in [-0.2, 0) is 6.54 Å². The molecular weight excluding hydrogens is 238 g/mol. The third kappa shape index (κ3) is 4.51. The summed E-state index contributed by atoms with van der Waals surface area (Å²) in [4.78, 5) is 2.34. The fourth-order valence-electron chi connectivity index (χ4n) is 2.57. The van der Waals surface area contributed by atoms with E-state index >= 15 is 0 Å². The van der Waals surface area contributed by atoms with Gasteiger partial charge in [0.05, 0.1) is 13.7 Å². The van der Waals surface area contributed by atoms with E-state index in [1.54, 1.807) is 7.11 Å². The number of rotatable bonds is 8. The molecule has 1 aromatic rings. The van der Waals surface area contributed by atoms with Gasteiger partial charge in [0.2, 0.25) is 0 Å². The van der Waals surface area contributed by atoms with Crippen LogP contribution in [0.15, 0.2) is 18.2 Å². The molecule has 0 saturated heterocycles. The lowest BCUT2D eigenvalue weighted by Gasteiger charge is -2.30. The average Bonchev–Trinajstić information content (AvgIpc) is 2.40. The fraction of sp³-hybridized carbons (Fsp3) is 0.625. The van der Waals surface area contributed by atoms with E-state index in [4.69, 9.17) is 4.74 Å². The molecule has 3 heteroatoms. The van der Waals surface area contributed by atoms with E-state index in [1.165, 1.54) is 11.1 Å². The topological polar surface area (TPSA) is 32.7 Å². The summed E-state index contributed by atoms with van der Waals surface area (Å²) >= 11 is 0. The Morgan fingerprint density at radius 2 is 1.95 bits per heavy atom. The van der Waals surface area contributed by atoms with Crippen molar-refractivity contribution in [3.8, 4) is 5.75 Å². The van der Waals surface area contributed by atoms with Gasteiger partial charge in [0.25, 0.3) is 0 Å². The first-order valence-electron chi connectivity index (χ1n) is 7.14. The van der Waals surface area contributed by atoms with Crippen molar-refractivity contribution in [3.63, 3.8) is 0 Å². The van der Waals surface area contributed by atoms with Crippen LogP contribution in [0.1, 0.15) is 37.8 Å². The summed E-state index contributed by atoms with van der Waals surface area (Å²) in [5, 5.41) is 9.26. The third-order valence-corrected chi connectivity index (χ3v) is 3.66. The van der Waals surface area contributed by atoms with Crippen LogP contribution in [0.2, 0.25) is 0 Å². The molecule has 0 aliphatic rings. The minimum Gasteiger partial charge on any atom is -0.496 e. The zero-order valence-corrected chi connectivity index (χ0v) is 12.6. The third-order valence-electron chi connectivity index (χ3n) is 3.66. The minimum atomic E-state index is 0.199. The van der Waals surface area contributed by atoms with Gasteiger partial charge in [-0.15, -0.1) is 0 Å². The molecule has 0 atom stereocenters. The van der Waals surface area contributed by atoms with Crippen molar-refractivity contribution in [1.82, 2.24) is 4.90 Å². The molecular formula is C16H27NO2. The summed E-state index contributed by atoms with van der Waals surface area (Å²) in [6.45, 7) is 8.24. The zero-order chi connectivity index (χ0) is 14.3. The first-order valence-corrected chi connectivity index (χ1v) is 7.14. The van der Waals surface area contributed by atoms with Crippen LogP contribution in [-0.4, -0.2) is 36.3 Å². The molecule has 0 bridgehead atoms. The van der Waals surface area contributed by atoms with Crippen LogP contribution in [0.25, 0.3) is 0 Å². The molecule has 19 heavy (non-hydrogen) atoms. The molecule has 3 nitrogen and oxygen atoms in total. The Kier molecular flexibility index (Phi) is 6.89. The van der Waals surface area contributed by atoms with Gasteiger partial charge in [-0.1, -0.05) is 31.5 Å². The summed E-state index contributed by atoms with van der Waals surface area (Å²) in [5.41, 5.74) is 2.44. The number of benzene rings is 1. The van der Waals surface area contributed by atoms with Gasteiger partial charge in [-0.25, -0.2) is 0 Å². The monoisotopic (exact) mass is 265 g/mol. The normalized spacial score (nSPS) is 11.3. The molecule has 0 heterocycles. The van der Waals surface area contributed by atoms with E-state index in [9.17, 15) is 5.11 Å². The number of aliphatic hydroxyl groups excluding tert-OH is 1. The van der Waals surface area contributed by atoms with Gasteiger partial charge >= 0.3 is 0 Å². The van der Waals surface area contributed by atoms with Crippen molar-refractivity contribution >= 4 is 0 Å². The molecule has 0 aromatic heterocycles. The van der Waals surface area contributed by atoms with Gasteiger partial charge in [-0.05, 0) is 25.8 Å². The summed E-state index contributed by atoms with van der Waals surface area (Å²) < 4.78 is 5.44. The molecule has 1 aromatic carbocycles. The Morgan fingerprint density at radius 1 is 1.26 bits per heavy atom. The molecule has 0 aliphatic heterocycles. The lowest BCUT2D eigenvalue weighted by atomic mass is 10.1. The summed E-state index contributed by atoms with van der Waals surface area (Å²) in [6.07, 6.45) is 2.20. The van der Waals surface area contributed by atoms with Gasteiger partial charge in [0.1, 0.15) is 5.75 Å². The molecule has 0 aliphatic carbocycles. The van der Waals surface area contributed by atoms with Crippen molar-refractivity contribution in [2.75, 3.05) is 20.3 Å². The van der Waals surface area contributed by atoms with Gasteiger partial charge < -0.3 is 9.84 Å². The van der Waals surface area contributed by atoms with Crippen LogP contribution >= 0.6 is 0 Å². The number of methoxy groups -OCH3 is 1. The standard InChI is InChI=1S/C16H27NO2/c1-5-15(6-2)17(9-10-18)12-14-11-13(3)7-8-16(14)19-4/h7-8,11,15,18H,5-6,9-10,12H2,1-4H3. The number of hydrogen-bond acceptors (Lipinski definition) is 3. The highest BCUT2D eigenvalue weighted by Crippen LogP contribution is 2.23. The second-order valence-corrected chi connectivity index (χ2v) is 4.98. The number of aliphatic hydroxyl groups is 1. The van der Waals surface area contributed by atoms with Crippen molar-refractivity contribution in [1.29, 1.82) is 0 Å². The van der Waals surface area contributed by atoms with Crippen LogP contribution in [0.5, 0.6) is 5.75 Å². The van der Waals surface area contributed by atoms with E-state index < -0.39 is 0 Å². The van der Waals surface area contributed by atoms with Crippen LogP contribution in [0, 0.1) is 6.92 Å². The maximum Gasteiger partial charge on any atom is 0.123 e. The highest BCUT2D eigenvalue weighted by Gasteiger charge is 2.16. The smallest absolute Gasteiger partial charge is 0.123 e. The predicted octanol–water partition coefficient (Wildman–Crippen LogP) is 2.99. The van der Waals surface area contributed by atoms with Gasteiger partial charge in [0, 0.05) is 24.7 Å². The molecule has 1 rings (SSSR count). The number of ether oxygens (including phenoxy) is 1. The van der Waals surface area contributed by atoms with Gasteiger partial charge in [0.15, 0.2) is 0 Å². The van der Waals surface area contributed by atoms with E-state index in [-0.39, 0.29) is 6.61 Å². The van der Waals surface area contributed by atoms with E-state index in [1.807, 2.05) is 6.07 Å². The first-order chi connectivity index (χ1) is 9.15. The fourth-order valence-corrected chi connectivity index (χ4v) is 2.57. The quantitative estimate of drug-likeness (QED) is 0.784. The van der Waals surface area contributed by atoms with Crippen molar-refractivity contribution < 1.29 is 9.84 Å². The highest BCUT2D eigenvalue weighted by molar-refractivity contribution is 5.36. The molecule has 0 fully saturated rings. The van der Waals surface area contributed by atoms with Crippen LogP contribution in [0.3, 0.4) is 0 Å². The molecule has 0 saturated carbocycles. The van der Waals surface area contributed by atoms with Crippen LogP contribution in [0.4, 0.5) is 0 Å². The number of hydrogen-bond donors (Lipinski definition) is 1. The maximum absolute atomic E-state index is 9.26. The largest absolute Gasteiger partial charge is 0.496 e.